The molecule has 0 spiro atoms. The van der Waals surface area contributed by atoms with Crippen LogP contribution in [0, 0.1) is 0 Å². The maximum absolute atomic E-state index is 10.8. The lowest BCUT2D eigenvalue weighted by molar-refractivity contribution is 0.112. The van der Waals surface area contributed by atoms with Crippen LogP contribution in [0.15, 0.2) is 28.7 Å². The maximum Gasteiger partial charge on any atom is 0.150 e. The normalized spacial score (nSPS) is 10.6. The van der Waals surface area contributed by atoms with Crippen molar-refractivity contribution in [3.05, 3.63) is 45.7 Å². The number of halogens is 1. The number of rotatable bonds is 6. The second kappa shape index (κ2) is 6.70. The van der Waals surface area contributed by atoms with Crippen LogP contribution >= 0.6 is 15.9 Å². The van der Waals surface area contributed by atoms with Gasteiger partial charge in [0, 0.05) is 12.1 Å². The Morgan fingerprint density at radius 2 is 2.20 bits per heavy atom. The molecule has 0 aliphatic rings. The van der Waals surface area contributed by atoms with E-state index in [1.807, 2.05) is 16.8 Å². The molecule has 0 atom stereocenters. The fourth-order valence-corrected chi connectivity index (χ4v) is 2.66. The summed E-state index contributed by atoms with van der Waals surface area (Å²) in [7, 11) is 0. The van der Waals surface area contributed by atoms with Crippen molar-refractivity contribution in [2.75, 3.05) is 0 Å². The molecule has 0 saturated carbocycles. The van der Waals surface area contributed by atoms with Crippen LogP contribution in [-0.2, 0) is 19.6 Å². The maximum atomic E-state index is 10.8. The third kappa shape index (κ3) is 3.10. The lowest BCUT2D eigenvalue weighted by Gasteiger charge is -2.08. The van der Waals surface area contributed by atoms with E-state index in [4.69, 9.17) is 4.74 Å². The number of ether oxygens (including phenoxy) is 1. The molecule has 20 heavy (non-hydrogen) atoms. The molecule has 0 saturated heterocycles. The van der Waals surface area contributed by atoms with Gasteiger partial charge in [-0.2, -0.15) is 5.10 Å². The molecule has 4 nitrogen and oxygen atoms in total. The van der Waals surface area contributed by atoms with Crippen LogP contribution in [0.1, 0.15) is 35.6 Å². The Bertz CT molecular complexity index is 608. The first-order chi connectivity index (χ1) is 9.69. The molecular weight excluding hydrogens is 320 g/mol. The highest BCUT2D eigenvalue weighted by Crippen LogP contribution is 2.24. The summed E-state index contributed by atoms with van der Waals surface area (Å²) in [5.41, 5.74) is 2.66. The van der Waals surface area contributed by atoms with Crippen molar-refractivity contribution in [1.29, 1.82) is 0 Å². The summed E-state index contributed by atoms with van der Waals surface area (Å²) in [5, 5.41) is 4.53. The van der Waals surface area contributed by atoms with Gasteiger partial charge in [-0.3, -0.25) is 9.48 Å². The first kappa shape index (κ1) is 14.8. The Hall–Kier alpha value is -1.62. The third-order valence-corrected chi connectivity index (χ3v) is 3.98. The molecule has 1 aromatic heterocycles. The Labute approximate surface area is 126 Å². The van der Waals surface area contributed by atoms with Crippen LogP contribution in [0.25, 0.3) is 0 Å². The van der Waals surface area contributed by atoms with Crippen molar-refractivity contribution in [3.63, 3.8) is 0 Å². The number of hydrogen-bond acceptors (Lipinski definition) is 3. The summed E-state index contributed by atoms with van der Waals surface area (Å²) in [5.74, 6) is 0.684. The number of carbonyl (C=O) groups excluding carboxylic acids is 1. The topological polar surface area (TPSA) is 44.1 Å². The predicted octanol–water partition coefficient (Wildman–Crippen LogP) is 3.62. The van der Waals surface area contributed by atoms with E-state index in [0.29, 0.717) is 17.9 Å². The first-order valence-electron chi connectivity index (χ1n) is 6.61. The van der Waals surface area contributed by atoms with Gasteiger partial charge in [0.2, 0.25) is 0 Å². The molecule has 0 bridgehead atoms. The van der Waals surface area contributed by atoms with Gasteiger partial charge in [-0.1, -0.05) is 19.1 Å². The number of aromatic nitrogens is 2. The van der Waals surface area contributed by atoms with Crippen LogP contribution in [0.2, 0.25) is 0 Å². The van der Waals surface area contributed by atoms with Gasteiger partial charge in [0.1, 0.15) is 18.6 Å². The van der Waals surface area contributed by atoms with Crippen molar-refractivity contribution in [2.45, 2.75) is 33.4 Å². The molecule has 1 heterocycles. The van der Waals surface area contributed by atoms with E-state index in [-0.39, 0.29) is 0 Å². The van der Waals surface area contributed by atoms with Crippen molar-refractivity contribution in [2.24, 2.45) is 0 Å². The van der Waals surface area contributed by atoms with Crippen molar-refractivity contribution < 1.29 is 9.53 Å². The quantitative estimate of drug-likeness (QED) is 0.756. The van der Waals surface area contributed by atoms with Gasteiger partial charge < -0.3 is 4.74 Å². The first-order valence-corrected chi connectivity index (χ1v) is 7.41. The molecule has 0 aliphatic heterocycles. The zero-order valence-corrected chi connectivity index (χ0v) is 13.2. The van der Waals surface area contributed by atoms with Gasteiger partial charge in [-0.15, -0.1) is 0 Å². The summed E-state index contributed by atoms with van der Waals surface area (Å²) in [6, 6.07) is 7.13. The van der Waals surface area contributed by atoms with Gasteiger partial charge in [0.25, 0.3) is 0 Å². The minimum Gasteiger partial charge on any atom is -0.487 e. The molecule has 2 aromatic rings. The molecule has 0 unspecified atom stereocenters. The molecule has 0 aliphatic carbocycles. The summed E-state index contributed by atoms with van der Waals surface area (Å²) in [4.78, 5) is 10.8. The highest BCUT2D eigenvalue weighted by molar-refractivity contribution is 9.10. The molecule has 2 rings (SSSR count). The van der Waals surface area contributed by atoms with Gasteiger partial charge in [0.15, 0.2) is 0 Å². The number of aldehydes is 1. The second-order valence-electron chi connectivity index (χ2n) is 4.36. The lowest BCUT2D eigenvalue weighted by Crippen LogP contribution is -2.06. The number of carbonyl (C=O) groups is 1. The summed E-state index contributed by atoms with van der Waals surface area (Å²) in [6.07, 6.45) is 1.69. The van der Waals surface area contributed by atoms with Crippen molar-refractivity contribution >= 4 is 22.2 Å². The molecule has 0 radical (unpaired) electrons. The van der Waals surface area contributed by atoms with Crippen molar-refractivity contribution in [1.82, 2.24) is 9.78 Å². The zero-order chi connectivity index (χ0) is 14.5. The summed E-state index contributed by atoms with van der Waals surface area (Å²) in [6.45, 7) is 5.34. The minimum absolute atomic E-state index is 0.420. The Morgan fingerprint density at radius 3 is 2.85 bits per heavy atom. The molecule has 0 amide bonds. The van der Waals surface area contributed by atoms with Gasteiger partial charge >= 0.3 is 0 Å². The van der Waals surface area contributed by atoms with E-state index in [2.05, 4.69) is 34.9 Å². The van der Waals surface area contributed by atoms with Crippen LogP contribution in [0.3, 0.4) is 0 Å². The van der Waals surface area contributed by atoms with E-state index in [1.165, 1.54) is 0 Å². The largest absolute Gasteiger partial charge is 0.487 e. The third-order valence-electron chi connectivity index (χ3n) is 3.06. The monoisotopic (exact) mass is 336 g/mol. The van der Waals surface area contributed by atoms with Crippen molar-refractivity contribution in [3.8, 4) is 5.75 Å². The van der Waals surface area contributed by atoms with Gasteiger partial charge in [0.05, 0.1) is 15.9 Å². The average molecular weight is 337 g/mol. The molecule has 106 valence electrons. The van der Waals surface area contributed by atoms with Crippen LogP contribution in [0.5, 0.6) is 5.75 Å². The van der Waals surface area contributed by atoms with Crippen LogP contribution in [-0.4, -0.2) is 16.1 Å². The van der Waals surface area contributed by atoms with E-state index < -0.39 is 0 Å². The number of hydrogen-bond donors (Lipinski definition) is 0. The van der Waals surface area contributed by atoms with Gasteiger partial charge in [-0.05, 0) is 41.4 Å². The molecular formula is C15H17BrN2O2. The molecule has 0 N–H and O–H groups in total. The summed E-state index contributed by atoms with van der Waals surface area (Å²) >= 11 is 3.59. The Kier molecular flexibility index (Phi) is 4.95. The number of benzene rings is 1. The molecule has 1 aromatic carbocycles. The highest BCUT2D eigenvalue weighted by Gasteiger charge is 2.14. The highest BCUT2D eigenvalue weighted by atomic mass is 79.9. The predicted molar refractivity (Wildman–Crippen MR) is 81.1 cm³/mol. The van der Waals surface area contributed by atoms with Crippen LogP contribution < -0.4 is 4.74 Å². The van der Waals surface area contributed by atoms with Gasteiger partial charge in [-0.25, -0.2) is 0 Å². The molecule has 0 fully saturated rings. The van der Waals surface area contributed by atoms with E-state index >= 15 is 0 Å². The number of nitrogens with zero attached hydrogens (tertiary/aromatic N) is 2. The fourth-order valence-electron chi connectivity index (χ4n) is 1.98. The average Bonchev–Trinajstić information content (AvgIpc) is 2.81. The standard InChI is InChI=1S/C15H17BrN2O2/c1-3-13-15(16)14(18(4-2)17-13)10-20-12-7-5-6-11(8-12)9-19/h5-9H,3-4,10H2,1-2H3. The van der Waals surface area contributed by atoms with Crippen LogP contribution in [0.4, 0.5) is 0 Å². The second-order valence-corrected chi connectivity index (χ2v) is 5.15. The van der Waals surface area contributed by atoms with E-state index in [1.54, 1.807) is 12.1 Å². The molecule has 5 heteroatoms. The van der Waals surface area contributed by atoms with E-state index in [9.17, 15) is 4.79 Å². The zero-order valence-electron chi connectivity index (χ0n) is 11.6. The Morgan fingerprint density at radius 1 is 1.40 bits per heavy atom. The summed E-state index contributed by atoms with van der Waals surface area (Å²) < 4.78 is 8.71. The SMILES string of the molecule is CCc1nn(CC)c(COc2cccc(C=O)c2)c1Br. The fraction of sp³-hybridized carbons (Fsp3) is 0.333. The number of aryl methyl sites for hydroxylation is 2. The minimum atomic E-state index is 0.420. The lowest BCUT2D eigenvalue weighted by atomic mass is 10.2. The smallest absolute Gasteiger partial charge is 0.150 e. The van der Waals surface area contributed by atoms with E-state index in [0.717, 1.165) is 35.1 Å². The Balaban J connectivity index is 2.17.